The minimum Gasteiger partial charge on any atom is -0.334 e. The van der Waals surface area contributed by atoms with E-state index in [-0.39, 0.29) is 5.91 Å². The molecule has 0 atom stereocenters. The number of hydrogen-bond donors (Lipinski definition) is 0. The van der Waals surface area contributed by atoms with Gasteiger partial charge in [-0.25, -0.2) is 8.42 Å². The summed E-state index contributed by atoms with van der Waals surface area (Å²) in [5, 5.41) is 0. The monoisotopic (exact) mass is 400 g/mol. The molecule has 1 amide bonds. The molecule has 0 aromatic heterocycles. The third-order valence-electron chi connectivity index (χ3n) is 5.30. The van der Waals surface area contributed by atoms with Gasteiger partial charge in [0, 0.05) is 25.7 Å². The van der Waals surface area contributed by atoms with Crippen LogP contribution < -0.4 is 4.31 Å². The van der Waals surface area contributed by atoms with Gasteiger partial charge < -0.3 is 4.90 Å². The van der Waals surface area contributed by atoms with Crippen LogP contribution in [-0.4, -0.2) is 39.1 Å². The summed E-state index contributed by atoms with van der Waals surface area (Å²) in [7, 11) is -1.77. The summed E-state index contributed by atoms with van der Waals surface area (Å²) in [6.45, 7) is 7.71. The third-order valence-corrected chi connectivity index (χ3v) is 6.50. The first kappa shape index (κ1) is 20.4. The van der Waals surface area contributed by atoms with E-state index < -0.39 is 10.0 Å². The van der Waals surface area contributed by atoms with Gasteiger partial charge in [0.25, 0.3) is 5.91 Å². The maximum absolute atomic E-state index is 12.8. The summed E-state index contributed by atoms with van der Waals surface area (Å²) in [5.74, 6) is 0.674. The van der Waals surface area contributed by atoms with Crippen LogP contribution in [0, 0.1) is 12.8 Å². The number of nitrogens with zero attached hydrogens (tertiary/aromatic N) is 2. The van der Waals surface area contributed by atoms with E-state index in [1.54, 1.807) is 13.1 Å². The number of amides is 1. The maximum atomic E-state index is 12.8. The predicted molar refractivity (Wildman–Crippen MR) is 114 cm³/mol. The van der Waals surface area contributed by atoms with E-state index in [2.05, 4.69) is 19.9 Å². The Balaban J connectivity index is 1.94. The molecule has 28 heavy (non-hydrogen) atoms. The van der Waals surface area contributed by atoms with Crippen LogP contribution in [-0.2, 0) is 16.6 Å². The normalized spacial score (nSPS) is 13.9. The fourth-order valence-corrected chi connectivity index (χ4v) is 4.06. The highest BCUT2D eigenvalue weighted by Crippen LogP contribution is 2.33. The molecule has 0 unspecified atom stereocenters. The van der Waals surface area contributed by atoms with Crippen LogP contribution in [0.4, 0.5) is 5.69 Å². The fourth-order valence-electron chi connectivity index (χ4n) is 3.56. The average Bonchev–Trinajstić information content (AvgIpc) is 2.95. The average molecular weight is 401 g/mol. The molecule has 0 radical (unpaired) electrons. The van der Waals surface area contributed by atoms with Gasteiger partial charge in [-0.2, -0.15) is 0 Å². The van der Waals surface area contributed by atoms with Gasteiger partial charge >= 0.3 is 0 Å². The van der Waals surface area contributed by atoms with Crippen molar-refractivity contribution in [2.24, 2.45) is 5.92 Å². The second-order valence-electron chi connectivity index (χ2n) is 8.02. The van der Waals surface area contributed by atoms with Crippen molar-refractivity contribution in [1.82, 2.24) is 4.90 Å². The summed E-state index contributed by atoms with van der Waals surface area (Å²) in [4.78, 5) is 14.7. The Morgan fingerprint density at radius 1 is 1.14 bits per heavy atom. The van der Waals surface area contributed by atoms with Crippen molar-refractivity contribution in [3.05, 3.63) is 53.1 Å². The topological polar surface area (TPSA) is 57.7 Å². The first-order chi connectivity index (χ1) is 13.1. The van der Waals surface area contributed by atoms with E-state index in [0.29, 0.717) is 18.2 Å². The molecular weight excluding hydrogens is 372 g/mol. The summed E-state index contributed by atoms with van der Waals surface area (Å²) >= 11 is 0. The minimum atomic E-state index is -3.32. The molecule has 6 heteroatoms. The predicted octanol–water partition coefficient (Wildman–Crippen LogP) is 4.06. The summed E-state index contributed by atoms with van der Waals surface area (Å²) in [6.07, 6.45) is 2.18. The van der Waals surface area contributed by atoms with Crippen molar-refractivity contribution in [3.8, 4) is 11.1 Å². The highest BCUT2D eigenvalue weighted by Gasteiger charge is 2.29. The van der Waals surface area contributed by atoms with Crippen LogP contribution in [0.1, 0.15) is 41.8 Å². The molecule has 3 rings (SSSR count). The number of rotatable bonds is 6. The number of fused-ring (bicyclic) bond motifs is 1. The SMILES string of the molecule is Cc1cc(-c2cccc(N(C)S(C)(=O)=O)c2)cc2c1C(=O)N(CCC(C)C)C2. The number of carbonyl (C=O) groups is 1. The number of anilines is 1. The lowest BCUT2D eigenvalue weighted by atomic mass is 9.96. The van der Waals surface area contributed by atoms with Gasteiger partial charge in [0.05, 0.1) is 11.9 Å². The first-order valence-corrected chi connectivity index (χ1v) is 11.4. The zero-order valence-corrected chi connectivity index (χ0v) is 18.0. The van der Waals surface area contributed by atoms with Crippen LogP contribution in [0.15, 0.2) is 36.4 Å². The van der Waals surface area contributed by atoms with Crippen molar-refractivity contribution in [1.29, 1.82) is 0 Å². The van der Waals surface area contributed by atoms with E-state index in [9.17, 15) is 13.2 Å². The molecule has 2 aromatic rings. The van der Waals surface area contributed by atoms with Crippen LogP contribution in [0.25, 0.3) is 11.1 Å². The largest absolute Gasteiger partial charge is 0.334 e. The van der Waals surface area contributed by atoms with Gasteiger partial charge in [0.1, 0.15) is 0 Å². The molecule has 0 saturated carbocycles. The second-order valence-corrected chi connectivity index (χ2v) is 10.0. The molecule has 1 aliphatic heterocycles. The van der Waals surface area contributed by atoms with Gasteiger partial charge in [0.15, 0.2) is 0 Å². The van der Waals surface area contributed by atoms with Crippen molar-refractivity contribution in [2.45, 2.75) is 33.7 Å². The van der Waals surface area contributed by atoms with Gasteiger partial charge in [0.2, 0.25) is 10.0 Å². The zero-order valence-electron chi connectivity index (χ0n) is 17.2. The Morgan fingerprint density at radius 2 is 1.86 bits per heavy atom. The Bertz CT molecular complexity index is 1010. The molecule has 1 aliphatic rings. The molecule has 0 fully saturated rings. The highest BCUT2D eigenvalue weighted by atomic mass is 32.2. The summed E-state index contributed by atoms with van der Waals surface area (Å²) in [5.41, 5.74) is 5.38. The van der Waals surface area contributed by atoms with Crippen molar-refractivity contribution in [3.63, 3.8) is 0 Å². The van der Waals surface area contributed by atoms with Gasteiger partial charge in [-0.15, -0.1) is 0 Å². The lowest BCUT2D eigenvalue weighted by Gasteiger charge is -2.17. The lowest BCUT2D eigenvalue weighted by molar-refractivity contribution is 0.0771. The number of sulfonamides is 1. The standard InChI is InChI=1S/C22H28N2O3S/c1-15(2)9-10-24-14-19-12-18(11-16(3)21(19)22(24)25)17-7-6-8-20(13-17)23(4)28(5,26)27/h6-8,11-13,15H,9-10,14H2,1-5H3. The van der Waals surface area contributed by atoms with Crippen LogP contribution >= 0.6 is 0 Å². The molecule has 0 bridgehead atoms. The molecule has 2 aromatic carbocycles. The highest BCUT2D eigenvalue weighted by molar-refractivity contribution is 7.92. The Hall–Kier alpha value is -2.34. The molecule has 5 nitrogen and oxygen atoms in total. The number of carbonyl (C=O) groups excluding carboxylic acids is 1. The Morgan fingerprint density at radius 3 is 2.50 bits per heavy atom. The van der Waals surface area contributed by atoms with Crippen molar-refractivity contribution in [2.75, 3.05) is 24.2 Å². The quantitative estimate of drug-likeness (QED) is 0.735. The maximum Gasteiger partial charge on any atom is 0.254 e. The van der Waals surface area contributed by atoms with Crippen molar-refractivity contribution < 1.29 is 13.2 Å². The summed E-state index contributed by atoms with van der Waals surface area (Å²) < 4.78 is 25.0. The smallest absolute Gasteiger partial charge is 0.254 e. The molecule has 0 N–H and O–H groups in total. The van der Waals surface area contributed by atoms with E-state index in [1.165, 1.54) is 10.6 Å². The number of hydrogen-bond acceptors (Lipinski definition) is 3. The van der Waals surface area contributed by atoms with E-state index in [1.807, 2.05) is 36.1 Å². The van der Waals surface area contributed by atoms with E-state index in [0.717, 1.165) is 40.8 Å². The lowest BCUT2D eigenvalue weighted by Crippen LogP contribution is -2.26. The molecule has 0 saturated heterocycles. The van der Waals surface area contributed by atoms with Crippen LogP contribution in [0.5, 0.6) is 0 Å². The molecule has 1 heterocycles. The zero-order chi connectivity index (χ0) is 20.6. The van der Waals surface area contributed by atoms with Crippen LogP contribution in [0.3, 0.4) is 0 Å². The van der Waals surface area contributed by atoms with Gasteiger partial charge in [-0.1, -0.05) is 32.0 Å². The minimum absolute atomic E-state index is 0.116. The van der Waals surface area contributed by atoms with Gasteiger partial charge in [-0.05, 0) is 59.7 Å². The number of benzene rings is 2. The Kier molecular flexibility index (Phi) is 5.53. The fraction of sp³-hybridized carbons (Fsp3) is 0.409. The molecule has 0 spiro atoms. The Labute approximate surface area is 168 Å². The summed E-state index contributed by atoms with van der Waals surface area (Å²) in [6, 6.07) is 11.6. The van der Waals surface area contributed by atoms with E-state index >= 15 is 0 Å². The van der Waals surface area contributed by atoms with Gasteiger partial charge in [-0.3, -0.25) is 9.10 Å². The molecule has 0 aliphatic carbocycles. The number of aryl methyl sites for hydroxylation is 1. The molecular formula is C22H28N2O3S. The molecule has 150 valence electrons. The van der Waals surface area contributed by atoms with Crippen LogP contribution in [0.2, 0.25) is 0 Å². The van der Waals surface area contributed by atoms with Crippen molar-refractivity contribution >= 4 is 21.6 Å². The third kappa shape index (κ3) is 4.07. The second kappa shape index (κ2) is 7.59. The van der Waals surface area contributed by atoms with E-state index in [4.69, 9.17) is 0 Å². The first-order valence-electron chi connectivity index (χ1n) is 9.55.